The first-order valence-corrected chi connectivity index (χ1v) is 4.93. The number of hydrogen-bond acceptors (Lipinski definition) is 4. The second-order valence-electron chi connectivity index (χ2n) is 2.22. The van der Waals surface area contributed by atoms with Gasteiger partial charge in [-0.3, -0.25) is 4.57 Å². The summed E-state index contributed by atoms with van der Waals surface area (Å²) < 4.78 is 21.0. The Balaban J connectivity index is 4.68. The number of nitrogens with zero attached hydrogens (tertiary/aromatic N) is 1. The molecule has 4 nitrogen and oxygen atoms in total. The topological polar surface area (TPSA) is 59.3 Å². The van der Waals surface area contributed by atoms with E-state index in [-0.39, 0.29) is 5.57 Å². The van der Waals surface area contributed by atoms with Crippen LogP contribution in [0.1, 0.15) is 6.92 Å². The molecule has 0 N–H and O–H groups in total. The van der Waals surface area contributed by atoms with Crippen molar-refractivity contribution in [2.24, 2.45) is 0 Å². The highest BCUT2D eigenvalue weighted by atomic mass is 31.2. The van der Waals surface area contributed by atoms with E-state index in [4.69, 9.17) is 14.3 Å². The summed E-state index contributed by atoms with van der Waals surface area (Å²) in [5.74, 6) is 0. The predicted octanol–water partition coefficient (Wildman–Crippen LogP) is 1.94. The molecule has 0 saturated carbocycles. The Morgan fingerprint density at radius 3 is 2.25 bits per heavy atom. The van der Waals surface area contributed by atoms with Gasteiger partial charge in [0.15, 0.2) is 0 Å². The van der Waals surface area contributed by atoms with E-state index in [1.54, 1.807) is 6.92 Å². The average molecular weight is 189 g/mol. The van der Waals surface area contributed by atoms with Gasteiger partial charge in [0, 0.05) is 19.8 Å². The van der Waals surface area contributed by atoms with Crippen LogP contribution in [0.2, 0.25) is 0 Å². The van der Waals surface area contributed by atoms with Gasteiger partial charge in [0.05, 0.1) is 11.7 Å². The standard InChI is InChI=1S/C7H12NO3P/c1-6(5-8)7(2)12(9,10-3)11-4/h7H,1H2,2-4H3. The molecule has 0 rings (SSSR count). The van der Waals surface area contributed by atoms with Crippen LogP contribution in [-0.2, 0) is 13.6 Å². The minimum atomic E-state index is -3.17. The summed E-state index contributed by atoms with van der Waals surface area (Å²) in [5, 5.41) is 8.48. The fraction of sp³-hybridized carbons (Fsp3) is 0.571. The van der Waals surface area contributed by atoms with Crippen molar-refractivity contribution in [2.45, 2.75) is 12.6 Å². The van der Waals surface area contributed by atoms with Crippen LogP contribution in [0.25, 0.3) is 0 Å². The number of rotatable bonds is 4. The Kier molecular flexibility index (Phi) is 4.19. The Morgan fingerprint density at radius 2 is 2.00 bits per heavy atom. The minimum absolute atomic E-state index is 0.196. The molecular formula is C7H12NO3P. The Bertz CT molecular complexity index is 248. The van der Waals surface area contributed by atoms with E-state index in [1.807, 2.05) is 6.07 Å². The fourth-order valence-corrected chi connectivity index (χ4v) is 1.90. The van der Waals surface area contributed by atoms with Crippen LogP contribution in [0.3, 0.4) is 0 Å². The highest BCUT2D eigenvalue weighted by Crippen LogP contribution is 2.53. The maximum Gasteiger partial charge on any atom is 0.337 e. The molecule has 0 aliphatic rings. The largest absolute Gasteiger partial charge is 0.337 e. The number of allylic oxidation sites excluding steroid dienone is 1. The third-order valence-corrected chi connectivity index (χ3v) is 3.91. The summed E-state index contributed by atoms with van der Waals surface area (Å²) in [6.45, 7) is 5.02. The van der Waals surface area contributed by atoms with Gasteiger partial charge in [-0.1, -0.05) is 6.58 Å². The van der Waals surface area contributed by atoms with Gasteiger partial charge < -0.3 is 9.05 Å². The molecule has 0 radical (unpaired) electrons. The number of hydrogen-bond donors (Lipinski definition) is 0. The third-order valence-electron chi connectivity index (χ3n) is 1.63. The molecule has 0 spiro atoms. The van der Waals surface area contributed by atoms with Crippen molar-refractivity contribution in [3.05, 3.63) is 12.2 Å². The van der Waals surface area contributed by atoms with Crippen molar-refractivity contribution >= 4 is 7.60 Å². The molecule has 0 fully saturated rings. The molecule has 5 heteroatoms. The summed E-state index contributed by atoms with van der Waals surface area (Å²) in [7, 11) is -0.601. The molecule has 1 atom stereocenters. The fourth-order valence-electron chi connectivity index (χ4n) is 0.675. The zero-order valence-electron chi connectivity index (χ0n) is 7.40. The Hall–Kier alpha value is -0.620. The van der Waals surface area contributed by atoms with E-state index in [1.165, 1.54) is 14.2 Å². The van der Waals surface area contributed by atoms with E-state index in [2.05, 4.69) is 6.58 Å². The predicted molar refractivity (Wildman–Crippen MR) is 45.8 cm³/mol. The van der Waals surface area contributed by atoms with Crippen LogP contribution in [-0.4, -0.2) is 19.9 Å². The van der Waals surface area contributed by atoms with Crippen LogP contribution in [0.4, 0.5) is 0 Å². The molecule has 0 saturated heterocycles. The molecule has 0 heterocycles. The lowest BCUT2D eigenvalue weighted by Crippen LogP contribution is -2.08. The normalized spacial score (nSPS) is 13.5. The molecule has 0 aromatic rings. The Morgan fingerprint density at radius 1 is 1.58 bits per heavy atom. The lowest BCUT2D eigenvalue weighted by atomic mass is 10.3. The van der Waals surface area contributed by atoms with E-state index < -0.39 is 13.3 Å². The van der Waals surface area contributed by atoms with Gasteiger partial charge in [-0.2, -0.15) is 5.26 Å². The molecule has 0 aromatic heterocycles. The first kappa shape index (κ1) is 11.4. The molecule has 1 unspecified atom stereocenters. The summed E-state index contributed by atoms with van der Waals surface area (Å²) in [4.78, 5) is 0. The smallest absolute Gasteiger partial charge is 0.312 e. The van der Waals surface area contributed by atoms with E-state index in [9.17, 15) is 4.57 Å². The molecule has 0 aliphatic carbocycles. The second-order valence-corrected chi connectivity index (χ2v) is 4.80. The third kappa shape index (κ3) is 2.18. The molecule has 0 amide bonds. The van der Waals surface area contributed by atoms with Crippen molar-refractivity contribution < 1.29 is 13.6 Å². The van der Waals surface area contributed by atoms with Crippen molar-refractivity contribution in [3.8, 4) is 6.07 Å². The van der Waals surface area contributed by atoms with E-state index >= 15 is 0 Å². The minimum Gasteiger partial charge on any atom is -0.312 e. The SMILES string of the molecule is C=C(C#N)C(C)P(=O)(OC)OC. The summed E-state index contributed by atoms with van der Waals surface area (Å²) in [5.41, 5.74) is -0.389. The highest BCUT2D eigenvalue weighted by Gasteiger charge is 2.32. The average Bonchev–Trinajstić information content (AvgIpc) is 2.14. The molecule has 0 aromatic carbocycles. The van der Waals surface area contributed by atoms with Crippen molar-refractivity contribution in [3.63, 3.8) is 0 Å². The molecule has 12 heavy (non-hydrogen) atoms. The van der Waals surface area contributed by atoms with Gasteiger partial charge in [0.2, 0.25) is 0 Å². The number of nitriles is 1. The summed E-state index contributed by atoms with van der Waals surface area (Å²) >= 11 is 0. The summed E-state index contributed by atoms with van der Waals surface area (Å²) in [6.07, 6.45) is 0. The van der Waals surface area contributed by atoms with E-state index in [0.29, 0.717) is 0 Å². The monoisotopic (exact) mass is 189 g/mol. The van der Waals surface area contributed by atoms with Gasteiger partial charge in [-0.25, -0.2) is 0 Å². The lowest BCUT2D eigenvalue weighted by Gasteiger charge is -2.19. The van der Waals surface area contributed by atoms with Gasteiger partial charge in [-0.15, -0.1) is 0 Å². The molecular weight excluding hydrogens is 177 g/mol. The zero-order valence-corrected chi connectivity index (χ0v) is 8.30. The Labute approximate surface area is 72.3 Å². The zero-order chi connectivity index (χ0) is 9.78. The van der Waals surface area contributed by atoms with Crippen LogP contribution < -0.4 is 0 Å². The van der Waals surface area contributed by atoms with Crippen LogP contribution in [0.15, 0.2) is 12.2 Å². The van der Waals surface area contributed by atoms with Crippen molar-refractivity contribution in [1.82, 2.24) is 0 Å². The second kappa shape index (κ2) is 4.42. The first-order chi connectivity index (χ1) is 5.51. The van der Waals surface area contributed by atoms with Gasteiger partial charge >= 0.3 is 7.60 Å². The highest BCUT2D eigenvalue weighted by molar-refractivity contribution is 7.54. The first-order valence-electron chi connectivity index (χ1n) is 3.32. The molecule has 0 bridgehead atoms. The van der Waals surface area contributed by atoms with Gasteiger partial charge in [0.25, 0.3) is 0 Å². The lowest BCUT2D eigenvalue weighted by molar-refractivity contribution is 0.271. The van der Waals surface area contributed by atoms with Crippen LogP contribution in [0.5, 0.6) is 0 Å². The quantitative estimate of drug-likeness (QED) is 0.500. The summed E-state index contributed by atoms with van der Waals surface area (Å²) in [6, 6.07) is 1.81. The van der Waals surface area contributed by atoms with Crippen LogP contribution in [0, 0.1) is 11.3 Å². The molecule has 0 aliphatic heterocycles. The maximum absolute atomic E-state index is 11.6. The van der Waals surface area contributed by atoms with Crippen molar-refractivity contribution in [1.29, 1.82) is 5.26 Å². The van der Waals surface area contributed by atoms with Crippen LogP contribution >= 0.6 is 7.60 Å². The van der Waals surface area contributed by atoms with Gasteiger partial charge in [-0.05, 0) is 6.92 Å². The maximum atomic E-state index is 11.6. The van der Waals surface area contributed by atoms with Crippen molar-refractivity contribution in [2.75, 3.05) is 14.2 Å². The van der Waals surface area contributed by atoms with Gasteiger partial charge in [0.1, 0.15) is 0 Å². The molecule has 68 valence electrons. The van der Waals surface area contributed by atoms with E-state index in [0.717, 1.165) is 0 Å².